The van der Waals surface area contributed by atoms with Crippen molar-refractivity contribution in [2.45, 2.75) is 6.42 Å². The third-order valence-electron chi connectivity index (χ3n) is 3.10. The molecule has 2 N–H and O–H groups in total. The molecule has 0 saturated heterocycles. The van der Waals surface area contributed by atoms with E-state index >= 15 is 0 Å². The quantitative estimate of drug-likeness (QED) is 0.734. The monoisotopic (exact) mass is 249 g/mol. The molecule has 0 atom stereocenters. The minimum atomic E-state index is 0.867. The molecule has 0 aliphatic carbocycles. The van der Waals surface area contributed by atoms with Gasteiger partial charge in [-0.1, -0.05) is 12.0 Å². The highest BCUT2D eigenvalue weighted by Gasteiger charge is 1.98. The maximum Gasteiger partial charge on any atom is 0.132 e. The van der Waals surface area contributed by atoms with Gasteiger partial charge in [0.05, 0.1) is 5.69 Å². The van der Waals surface area contributed by atoms with Crippen molar-refractivity contribution in [2.24, 2.45) is 4.99 Å². The highest BCUT2D eigenvalue weighted by molar-refractivity contribution is 5.49. The Morgan fingerprint density at radius 2 is 2.05 bits per heavy atom. The maximum atomic E-state index is 4.43. The first kappa shape index (κ1) is 11.6. The summed E-state index contributed by atoms with van der Waals surface area (Å²) in [5.41, 5.74) is 3.98. The lowest BCUT2D eigenvalue weighted by molar-refractivity contribution is 0.934. The summed E-state index contributed by atoms with van der Waals surface area (Å²) in [5, 5.41) is 4.26. The lowest BCUT2D eigenvalue weighted by Crippen LogP contribution is -2.25. The molecule has 3 rings (SSSR count). The zero-order valence-corrected chi connectivity index (χ0v) is 10.8. The van der Waals surface area contributed by atoms with Crippen molar-refractivity contribution >= 4 is 11.8 Å². The first-order chi connectivity index (χ1) is 9.35. The molecule has 0 fully saturated rings. The van der Waals surface area contributed by atoms with Gasteiger partial charge in [-0.2, -0.15) is 0 Å². The zero-order chi connectivity index (χ0) is 13.1. The van der Waals surface area contributed by atoms with E-state index in [0.29, 0.717) is 0 Å². The van der Waals surface area contributed by atoms with Crippen molar-refractivity contribution in [1.29, 1.82) is 0 Å². The Morgan fingerprint density at radius 3 is 2.79 bits per heavy atom. The van der Waals surface area contributed by atoms with Gasteiger partial charge in [-0.25, -0.2) is 0 Å². The number of rotatable bonds is 1. The normalized spacial score (nSPS) is 12.5. The van der Waals surface area contributed by atoms with Gasteiger partial charge in [0.25, 0.3) is 0 Å². The van der Waals surface area contributed by atoms with Gasteiger partial charge in [0.15, 0.2) is 0 Å². The highest BCUT2D eigenvalue weighted by atomic mass is 14.9. The number of hydrogen-bond donors (Lipinski definition) is 2. The van der Waals surface area contributed by atoms with E-state index in [0.717, 1.165) is 35.4 Å². The SMILES string of the molecule is CNc1ccc(C#Cc2cc3c([nH]2)=NCCC=3)cc1. The van der Waals surface area contributed by atoms with E-state index < -0.39 is 0 Å². The summed E-state index contributed by atoms with van der Waals surface area (Å²) < 4.78 is 0. The molecule has 3 nitrogen and oxygen atoms in total. The van der Waals surface area contributed by atoms with E-state index in [-0.39, 0.29) is 0 Å². The molecule has 0 saturated carbocycles. The van der Waals surface area contributed by atoms with Gasteiger partial charge >= 0.3 is 0 Å². The second-order valence-corrected chi connectivity index (χ2v) is 4.44. The summed E-state index contributed by atoms with van der Waals surface area (Å²) in [4.78, 5) is 7.67. The Balaban J connectivity index is 1.89. The second kappa shape index (κ2) is 5.03. The molecule has 0 radical (unpaired) electrons. The topological polar surface area (TPSA) is 40.2 Å². The number of nitrogens with zero attached hydrogens (tertiary/aromatic N) is 1. The maximum absolute atomic E-state index is 4.43. The van der Waals surface area contributed by atoms with Crippen molar-refractivity contribution in [3.05, 3.63) is 52.3 Å². The average molecular weight is 249 g/mol. The van der Waals surface area contributed by atoms with Crippen LogP contribution < -0.4 is 16.0 Å². The molecular weight excluding hydrogens is 234 g/mol. The van der Waals surface area contributed by atoms with E-state index in [4.69, 9.17) is 0 Å². The van der Waals surface area contributed by atoms with E-state index in [1.807, 2.05) is 31.3 Å². The molecule has 0 bridgehead atoms. The Hall–Kier alpha value is -2.47. The molecule has 94 valence electrons. The molecule has 1 aliphatic rings. The molecular formula is C16H15N3. The number of nitrogens with one attached hydrogen (secondary N) is 2. The predicted molar refractivity (Wildman–Crippen MR) is 77.5 cm³/mol. The van der Waals surface area contributed by atoms with Gasteiger partial charge < -0.3 is 10.3 Å². The van der Waals surface area contributed by atoms with Crippen LogP contribution in [-0.2, 0) is 0 Å². The van der Waals surface area contributed by atoms with Gasteiger partial charge in [0, 0.05) is 30.1 Å². The number of aromatic nitrogens is 1. The van der Waals surface area contributed by atoms with Crippen molar-refractivity contribution < 1.29 is 0 Å². The van der Waals surface area contributed by atoms with Crippen LogP contribution in [0.1, 0.15) is 17.7 Å². The summed E-state index contributed by atoms with van der Waals surface area (Å²) in [7, 11) is 1.91. The molecule has 1 aromatic heterocycles. The van der Waals surface area contributed by atoms with Crippen LogP contribution in [0.3, 0.4) is 0 Å². The lowest BCUT2D eigenvalue weighted by Gasteiger charge is -1.97. The molecule has 19 heavy (non-hydrogen) atoms. The van der Waals surface area contributed by atoms with Crippen LogP contribution in [0.2, 0.25) is 0 Å². The molecule has 0 spiro atoms. The second-order valence-electron chi connectivity index (χ2n) is 4.44. The zero-order valence-electron chi connectivity index (χ0n) is 10.8. The van der Waals surface area contributed by atoms with Gasteiger partial charge in [-0.3, -0.25) is 4.99 Å². The number of H-pyrrole nitrogens is 1. The van der Waals surface area contributed by atoms with Crippen molar-refractivity contribution in [3.8, 4) is 11.8 Å². The molecule has 0 unspecified atom stereocenters. The smallest absolute Gasteiger partial charge is 0.132 e. The average Bonchev–Trinajstić information content (AvgIpc) is 2.88. The summed E-state index contributed by atoms with van der Waals surface area (Å²) in [6.45, 7) is 0.867. The largest absolute Gasteiger partial charge is 0.388 e. The van der Waals surface area contributed by atoms with Gasteiger partial charge in [0.2, 0.25) is 0 Å². The van der Waals surface area contributed by atoms with Crippen LogP contribution in [0.25, 0.3) is 6.08 Å². The van der Waals surface area contributed by atoms with Crippen molar-refractivity contribution in [3.63, 3.8) is 0 Å². The standard InChI is InChI=1S/C16H15N3/c1-17-14-7-4-12(5-8-14)6-9-15-11-13-3-2-10-18-16(13)19-15/h3-5,7-8,11,17H,2,10H2,1H3,(H,18,19). The fraction of sp³-hybridized carbons (Fsp3) is 0.188. The van der Waals surface area contributed by atoms with Crippen LogP contribution in [0.15, 0.2) is 35.3 Å². The van der Waals surface area contributed by atoms with Crippen LogP contribution in [0.5, 0.6) is 0 Å². The fourth-order valence-electron chi connectivity index (χ4n) is 2.07. The summed E-state index contributed by atoms with van der Waals surface area (Å²) in [6.07, 6.45) is 3.22. The number of fused-ring (bicyclic) bond motifs is 1. The minimum absolute atomic E-state index is 0.867. The third-order valence-corrected chi connectivity index (χ3v) is 3.10. The first-order valence-corrected chi connectivity index (χ1v) is 6.39. The number of anilines is 1. The molecule has 2 heterocycles. The molecule has 3 heteroatoms. The summed E-state index contributed by atoms with van der Waals surface area (Å²) in [6, 6.07) is 10.1. The first-order valence-electron chi connectivity index (χ1n) is 6.39. The number of aromatic amines is 1. The van der Waals surface area contributed by atoms with E-state index in [9.17, 15) is 0 Å². The molecule has 2 aromatic rings. The van der Waals surface area contributed by atoms with Gasteiger partial charge in [-0.05, 0) is 42.7 Å². The van der Waals surface area contributed by atoms with Crippen LogP contribution in [-0.4, -0.2) is 18.6 Å². The van der Waals surface area contributed by atoms with Gasteiger partial charge in [-0.15, -0.1) is 0 Å². The lowest BCUT2D eigenvalue weighted by atomic mass is 10.2. The molecule has 1 aromatic carbocycles. The fourth-order valence-corrected chi connectivity index (χ4v) is 2.07. The van der Waals surface area contributed by atoms with Crippen molar-refractivity contribution in [2.75, 3.05) is 18.9 Å². The Labute approximate surface area is 112 Å². The molecule has 0 amide bonds. The third kappa shape index (κ3) is 2.53. The van der Waals surface area contributed by atoms with Crippen molar-refractivity contribution in [1.82, 2.24) is 4.98 Å². The minimum Gasteiger partial charge on any atom is -0.388 e. The van der Waals surface area contributed by atoms with E-state index in [2.05, 4.69) is 39.3 Å². The van der Waals surface area contributed by atoms with E-state index in [1.165, 1.54) is 5.22 Å². The number of hydrogen-bond acceptors (Lipinski definition) is 2. The number of benzene rings is 1. The van der Waals surface area contributed by atoms with E-state index in [1.54, 1.807) is 0 Å². The Bertz CT molecular complexity index is 722. The highest BCUT2D eigenvalue weighted by Crippen LogP contribution is 2.07. The van der Waals surface area contributed by atoms with Crippen LogP contribution in [0, 0.1) is 11.8 Å². The Kier molecular flexibility index (Phi) is 3.07. The van der Waals surface area contributed by atoms with Gasteiger partial charge in [0.1, 0.15) is 5.49 Å². The summed E-state index contributed by atoms with van der Waals surface area (Å²) in [5.74, 6) is 6.31. The van der Waals surface area contributed by atoms with Crippen LogP contribution >= 0.6 is 0 Å². The van der Waals surface area contributed by atoms with Crippen LogP contribution in [0.4, 0.5) is 5.69 Å². The Morgan fingerprint density at radius 1 is 1.21 bits per heavy atom. The molecule has 1 aliphatic heterocycles. The summed E-state index contributed by atoms with van der Waals surface area (Å²) >= 11 is 0. The predicted octanol–water partition coefficient (Wildman–Crippen LogP) is 1.26.